The van der Waals surface area contributed by atoms with Gasteiger partial charge in [-0.1, -0.05) is 23.2 Å². The molecule has 0 aliphatic rings. The van der Waals surface area contributed by atoms with E-state index in [1.807, 2.05) is 6.92 Å². The number of hydrogen-bond acceptors (Lipinski definition) is 5. The van der Waals surface area contributed by atoms with E-state index in [-0.39, 0.29) is 10.9 Å². The quantitative estimate of drug-likeness (QED) is 0.688. The van der Waals surface area contributed by atoms with Crippen LogP contribution < -0.4 is 5.32 Å². The molecule has 0 amide bonds. The van der Waals surface area contributed by atoms with E-state index in [0.717, 1.165) is 5.56 Å². The van der Waals surface area contributed by atoms with Gasteiger partial charge in [0.1, 0.15) is 5.15 Å². The molecule has 2 aromatic rings. The third kappa shape index (κ3) is 3.05. The van der Waals surface area contributed by atoms with Crippen LogP contribution in [-0.4, -0.2) is 18.1 Å². The fourth-order valence-electron chi connectivity index (χ4n) is 1.74. The molecule has 20 heavy (non-hydrogen) atoms. The largest absolute Gasteiger partial charge is 0.463 e. The number of furan rings is 1. The molecular formula is C13H12Cl2N2O3. The van der Waals surface area contributed by atoms with Gasteiger partial charge in [-0.2, -0.15) is 0 Å². The zero-order valence-corrected chi connectivity index (χ0v) is 12.4. The van der Waals surface area contributed by atoms with Gasteiger partial charge in [0.2, 0.25) is 5.76 Å². The first-order valence-corrected chi connectivity index (χ1v) is 6.49. The number of hydrogen-bond donors (Lipinski definition) is 1. The van der Waals surface area contributed by atoms with Crippen molar-refractivity contribution in [3.05, 3.63) is 45.6 Å². The van der Waals surface area contributed by atoms with E-state index in [4.69, 9.17) is 27.6 Å². The van der Waals surface area contributed by atoms with Gasteiger partial charge >= 0.3 is 5.97 Å². The van der Waals surface area contributed by atoms with Crippen molar-refractivity contribution in [2.24, 2.45) is 0 Å². The number of aromatic nitrogens is 1. The van der Waals surface area contributed by atoms with Crippen LogP contribution in [0.1, 0.15) is 21.7 Å². The molecule has 2 heterocycles. The van der Waals surface area contributed by atoms with Crippen LogP contribution in [0.15, 0.2) is 22.8 Å². The smallest absolute Gasteiger partial charge is 0.374 e. The number of nitrogens with zero attached hydrogens (tertiary/aromatic N) is 1. The molecule has 106 valence electrons. The Bertz CT molecular complexity index is 617. The highest BCUT2D eigenvalue weighted by Gasteiger charge is 2.16. The van der Waals surface area contributed by atoms with E-state index in [0.29, 0.717) is 22.9 Å². The lowest BCUT2D eigenvalue weighted by Crippen LogP contribution is -2.08. The lowest BCUT2D eigenvalue weighted by atomic mass is 10.2. The van der Waals surface area contributed by atoms with Crippen molar-refractivity contribution in [1.29, 1.82) is 0 Å². The highest BCUT2D eigenvalue weighted by Crippen LogP contribution is 2.27. The van der Waals surface area contributed by atoms with Crippen molar-refractivity contribution >= 4 is 34.9 Å². The fourth-order valence-corrected chi connectivity index (χ4v) is 2.34. The van der Waals surface area contributed by atoms with Crippen LogP contribution in [0.4, 0.5) is 5.69 Å². The van der Waals surface area contributed by atoms with E-state index in [1.54, 1.807) is 12.1 Å². The molecule has 0 aliphatic heterocycles. The lowest BCUT2D eigenvalue weighted by molar-refractivity contribution is 0.0563. The Balaban J connectivity index is 2.18. The SMILES string of the molecule is COC(=O)c1occc1CNc1c(C)cc(Cl)nc1Cl. The first-order chi connectivity index (χ1) is 9.52. The minimum atomic E-state index is -0.524. The summed E-state index contributed by atoms with van der Waals surface area (Å²) in [6.45, 7) is 2.21. The fraction of sp³-hybridized carbons (Fsp3) is 0.231. The lowest BCUT2D eigenvalue weighted by Gasteiger charge is -2.11. The highest BCUT2D eigenvalue weighted by atomic mass is 35.5. The molecule has 5 nitrogen and oxygen atoms in total. The second kappa shape index (κ2) is 6.15. The third-order valence-corrected chi connectivity index (χ3v) is 3.18. The van der Waals surface area contributed by atoms with E-state index < -0.39 is 5.97 Å². The number of halogens is 2. The maximum absolute atomic E-state index is 11.5. The second-order valence-electron chi connectivity index (χ2n) is 4.05. The van der Waals surface area contributed by atoms with Gasteiger partial charge in [-0.3, -0.25) is 0 Å². The van der Waals surface area contributed by atoms with E-state index in [2.05, 4.69) is 15.0 Å². The van der Waals surface area contributed by atoms with Crippen LogP contribution in [-0.2, 0) is 11.3 Å². The van der Waals surface area contributed by atoms with Crippen LogP contribution in [0.2, 0.25) is 10.3 Å². The minimum Gasteiger partial charge on any atom is -0.463 e. The Morgan fingerprint density at radius 1 is 1.50 bits per heavy atom. The summed E-state index contributed by atoms with van der Waals surface area (Å²) in [5.41, 5.74) is 2.19. The zero-order chi connectivity index (χ0) is 14.7. The molecule has 0 saturated carbocycles. The topological polar surface area (TPSA) is 64.4 Å². The van der Waals surface area contributed by atoms with Crippen LogP contribution in [0, 0.1) is 6.92 Å². The molecule has 0 atom stereocenters. The van der Waals surface area contributed by atoms with Crippen molar-refractivity contribution in [3.8, 4) is 0 Å². The molecule has 0 aromatic carbocycles. The summed E-state index contributed by atoms with van der Waals surface area (Å²) in [5.74, 6) is -0.362. The zero-order valence-electron chi connectivity index (χ0n) is 10.9. The molecule has 0 unspecified atom stereocenters. The van der Waals surface area contributed by atoms with Crippen LogP contribution in [0.5, 0.6) is 0 Å². The summed E-state index contributed by atoms with van der Waals surface area (Å²) in [7, 11) is 1.30. The number of nitrogens with one attached hydrogen (secondary N) is 1. The molecule has 7 heteroatoms. The van der Waals surface area contributed by atoms with Crippen molar-refractivity contribution in [2.75, 3.05) is 12.4 Å². The van der Waals surface area contributed by atoms with Gasteiger partial charge in [0.05, 0.1) is 19.1 Å². The Hall–Kier alpha value is -1.72. The van der Waals surface area contributed by atoms with Crippen molar-refractivity contribution < 1.29 is 13.9 Å². The standard InChI is InChI=1S/C13H12Cl2N2O3/c1-7-5-9(14)17-12(15)10(7)16-6-8-3-4-20-11(8)13(18)19-2/h3-5,16H,6H2,1-2H3. The van der Waals surface area contributed by atoms with Crippen molar-refractivity contribution in [1.82, 2.24) is 4.98 Å². The molecule has 0 aliphatic carbocycles. The number of rotatable bonds is 4. The number of carbonyl (C=O) groups excluding carboxylic acids is 1. The van der Waals surface area contributed by atoms with Gasteiger partial charge in [-0.05, 0) is 24.6 Å². The van der Waals surface area contributed by atoms with E-state index in [9.17, 15) is 4.79 Å². The van der Waals surface area contributed by atoms with Gasteiger partial charge < -0.3 is 14.5 Å². The molecule has 2 rings (SSSR count). The minimum absolute atomic E-state index is 0.163. The monoisotopic (exact) mass is 314 g/mol. The Morgan fingerprint density at radius 3 is 2.90 bits per heavy atom. The molecule has 0 radical (unpaired) electrons. The number of anilines is 1. The summed E-state index contributed by atoms with van der Waals surface area (Å²) in [6.07, 6.45) is 1.43. The number of methoxy groups -OCH3 is 1. The summed E-state index contributed by atoms with van der Waals surface area (Å²) in [4.78, 5) is 15.4. The summed E-state index contributed by atoms with van der Waals surface area (Å²) < 4.78 is 9.74. The van der Waals surface area contributed by atoms with Crippen LogP contribution in [0.25, 0.3) is 0 Å². The molecular weight excluding hydrogens is 303 g/mol. The van der Waals surface area contributed by atoms with Crippen molar-refractivity contribution in [2.45, 2.75) is 13.5 Å². The average molecular weight is 315 g/mol. The van der Waals surface area contributed by atoms with Crippen LogP contribution >= 0.6 is 23.2 Å². The maximum atomic E-state index is 11.5. The first kappa shape index (κ1) is 14.7. The number of pyridine rings is 1. The molecule has 0 spiro atoms. The number of ether oxygens (including phenoxy) is 1. The average Bonchev–Trinajstić information content (AvgIpc) is 2.85. The highest BCUT2D eigenvalue weighted by molar-refractivity contribution is 6.34. The summed E-state index contributed by atoms with van der Waals surface area (Å²) in [5, 5.41) is 3.72. The number of carbonyl (C=O) groups is 1. The van der Waals surface area contributed by atoms with Gasteiger partial charge in [-0.25, -0.2) is 9.78 Å². The number of aryl methyl sites for hydroxylation is 1. The maximum Gasteiger partial charge on any atom is 0.374 e. The molecule has 2 aromatic heterocycles. The Morgan fingerprint density at radius 2 is 2.25 bits per heavy atom. The van der Waals surface area contributed by atoms with E-state index >= 15 is 0 Å². The predicted molar refractivity (Wildman–Crippen MR) is 76.4 cm³/mol. The summed E-state index contributed by atoms with van der Waals surface area (Å²) >= 11 is 11.8. The van der Waals surface area contributed by atoms with Gasteiger partial charge in [0.15, 0.2) is 5.15 Å². The van der Waals surface area contributed by atoms with Crippen LogP contribution in [0.3, 0.4) is 0 Å². The Labute approximate surface area is 125 Å². The molecule has 0 bridgehead atoms. The van der Waals surface area contributed by atoms with Crippen molar-refractivity contribution in [3.63, 3.8) is 0 Å². The molecule has 1 N–H and O–H groups in total. The molecule has 0 saturated heterocycles. The number of esters is 1. The Kier molecular flexibility index (Phi) is 4.52. The first-order valence-electron chi connectivity index (χ1n) is 5.74. The second-order valence-corrected chi connectivity index (χ2v) is 4.79. The normalized spacial score (nSPS) is 10.4. The van der Waals surface area contributed by atoms with Gasteiger partial charge in [-0.15, -0.1) is 0 Å². The van der Waals surface area contributed by atoms with E-state index in [1.165, 1.54) is 13.4 Å². The predicted octanol–water partition coefficient (Wildman–Crippen LogP) is 3.69. The van der Waals surface area contributed by atoms with Gasteiger partial charge in [0, 0.05) is 12.1 Å². The summed E-state index contributed by atoms with van der Waals surface area (Å²) in [6, 6.07) is 3.39. The van der Waals surface area contributed by atoms with Gasteiger partial charge in [0.25, 0.3) is 0 Å². The third-order valence-electron chi connectivity index (χ3n) is 2.71. The molecule has 0 fully saturated rings.